The van der Waals surface area contributed by atoms with Crippen LogP contribution in [0.1, 0.15) is 15.9 Å². The van der Waals surface area contributed by atoms with Crippen molar-refractivity contribution in [3.63, 3.8) is 0 Å². The molecule has 108 valence electrons. The second-order valence-electron chi connectivity index (χ2n) is 4.61. The molecular weight excluding hydrogens is 336 g/mol. The number of ketones is 1. The smallest absolute Gasteiger partial charge is 0.231 e. The molecule has 0 amide bonds. The normalized spacial score (nSPS) is 12.4. The van der Waals surface area contributed by atoms with E-state index in [1.807, 2.05) is 30.3 Å². The highest BCUT2D eigenvalue weighted by atomic mass is 79.9. The van der Waals surface area contributed by atoms with Gasteiger partial charge < -0.3 is 14.2 Å². The largest absolute Gasteiger partial charge is 0.454 e. The first kappa shape index (κ1) is 14.1. The Bertz CT molecular complexity index is 652. The van der Waals surface area contributed by atoms with Crippen molar-refractivity contribution in [1.29, 1.82) is 0 Å². The number of carbonyl (C=O) groups is 1. The lowest BCUT2D eigenvalue weighted by Gasteiger charge is -2.05. The number of fused-ring (bicyclic) bond motifs is 1. The molecule has 3 rings (SSSR count). The van der Waals surface area contributed by atoms with Gasteiger partial charge in [0.15, 0.2) is 17.3 Å². The molecule has 0 aromatic heterocycles. The predicted molar refractivity (Wildman–Crippen MR) is 80.7 cm³/mol. The molecule has 1 aliphatic rings. The quantitative estimate of drug-likeness (QED) is 0.774. The summed E-state index contributed by atoms with van der Waals surface area (Å²) >= 11 is 3.34. The zero-order chi connectivity index (χ0) is 14.7. The van der Waals surface area contributed by atoms with Gasteiger partial charge in [-0.1, -0.05) is 34.1 Å². The molecule has 1 heterocycles. The van der Waals surface area contributed by atoms with Crippen molar-refractivity contribution < 1.29 is 19.0 Å². The average Bonchev–Trinajstić information content (AvgIpc) is 2.95. The van der Waals surface area contributed by atoms with Crippen LogP contribution in [0.25, 0.3) is 0 Å². The van der Waals surface area contributed by atoms with Crippen LogP contribution in [0.4, 0.5) is 0 Å². The molecular formula is C16H13BrO4. The van der Waals surface area contributed by atoms with Crippen molar-refractivity contribution in [2.45, 2.75) is 6.61 Å². The summed E-state index contributed by atoms with van der Waals surface area (Å²) in [4.78, 5) is 11.9. The molecule has 21 heavy (non-hydrogen) atoms. The minimum absolute atomic E-state index is 0.0387. The number of carbonyl (C=O) groups excluding carboxylic acids is 1. The number of hydrogen-bond donors (Lipinski definition) is 0. The number of ether oxygens (including phenoxy) is 3. The maximum absolute atomic E-state index is 11.9. The highest BCUT2D eigenvalue weighted by Crippen LogP contribution is 2.32. The molecule has 0 aliphatic carbocycles. The number of hydrogen-bond acceptors (Lipinski definition) is 4. The first-order valence-electron chi connectivity index (χ1n) is 6.47. The Kier molecular flexibility index (Phi) is 4.22. The second-order valence-corrected chi connectivity index (χ2v) is 5.53. The van der Waals surface area contributed by atoms with Crippen LogP contribution in [0.2, 0.25) is 0 Å². The molecule has 1 aliphatic heterocycles. The standard InChI is InChI=1S/C16H13BrO4/c17-13-4-2-12(3-5-13)14(18)9-19-8-11-1-6-15-16(7-11)21-10-20-15/h1-7H,8-10H2. The fraction of sp³-hybridized carbons (Fsp3) is 0.188. The first-order valence-corrected chi connectivity index (χ1v) is 7.27. The molecule has 2 aromatic rings. The van der Waals surface area contributed by atoms with E-state index >= 15 is 0 Å². The molecule has 0 bridgehead atoms. The van der Waals surface area contributed by atoms with Gasteiger partial charge in [0.05, 0.1) is 6.61 Å². The van der Waals surface area contributed by atoms with Crippen molar-refractivity contribution in [2.75, 3.05) is 13.4 Å². The Morgan fingerprint density at radius 1 is 1.10 bits per heavy atom. The number of benzene rings is 2. The highest BCUT2D eigenvalue weighted by Gasteiger charge is 2.13. The van der Waals surface area contributed by atoms with E-state index in [4.69, 9.17) is 14.2 Å². The maximum atomic E-state index is 11.9. The molecule has 0 saturated carbocycles. The Morgan fingerprint density at radius 3 is 2.67 bits per heavy atom. The minimum Gasteiger partial charge on any atom is -0.454 e. The summed E-state index contributed by atoms with van der Waals surface area (Å²) in [6, 6.07) is 12.8. The lowest BCUT2D eigenvalue weighted by molar-refractivity contribution is 0.0726. The van der Waals surface area contributed by atoms with Gasteiger partial charge in [0.25, 0.3) is 0 Å². The van der Waals surface area contributed by atoms with Crippen LogP contribution in [-0.2, 0) is 11.3 Å². The molecule has 0 N–H and O–H groups in total. The Labute approximate surface area is 130 Å². The fourth-order valence-electron chi connectivity index (χ4n) is 2.01. The van der Waals surface area contributed by atoms with Crippen LogP contribution in [0.15, 0.2) is 46.9 Å². The van der Waals surface area contributed by atoms with Crippen LogP contribution in [-0.4, -0.2) is 19.2 Å². The van der Waals surface area contributed by atoms with Crippen molar-refractivity contribution in [2.24, 2.45) is 0 Å². The number of Topliss-reactive ketones (excluding diaryl/α,β-unsaturated/α-hetero) is 1. The summed E-state index contributed by atoms with van der Waals surface area (Å²) < 4.78 is 17.0. The van der Waals surface area contributed by atoms with E-state index in [-0.39, 0.29) is 19.2 Å². The third-order valence-electron chi connectivity index (χ3n) is 3.11. The van der Waals surface area contributed by atoms with E-state index in [2.05, 4.69) is 15.9 Å². The van der Waals surface area contributed by atoms with Crippen molar-refractivity contribution in [3.8, 4) is 11.5 Å². The molecule has 0 fully saturated rings. The minimum atomic E-state index is -0.0387. The van der Waals surface area contributed by atoms with Gasteiger partial charge in [-0.2, -0.15) is 0 Å². The predicted octanol–water partition coefficient (Wildman–Crippen LogP) is 3.58. The number of halogens is 1. The van der Waals surface area contributed by atoms with Crippen molar-refractivity contribution >= 4 is 21.7 Å². The van der Waals surface area contributed by atoms with Gasteiger partial charge in [-0.15, -0.1) is 0 Å². The maximum Gasteiger partial charge on any atom is 0.231 e. The van der Waals surface area contributed by atoms with Gasteiger partial charge in [0.2, 0.25) is 6.79 Å². The van der Waals surface area contributed by atoms with Gasteiger partial charge in [-0.05, 0) is 29.8 Å². The molecule has 2 aromatic carbocycles. The molecule has 0 spiro atoms. The third kappa shape index (κ3) is 3.43. The Balaban J connectivity index is 1.54. The third-order valence-corrected chi connectivity index (χ3v) is 3.63. The monoisotopic (exact) mass is 348 g/mol. The topological polar surface area (TPSA) is 44.8 Å². The fourth-order valence-corrected chi connectivity index (χ4v) is 2.28. The van der Waals surface area contributed by atoms with Gasteiger partial charge in [-0.25, -0.2) is 0 Å². The first-order chi connectivity index (χ1) is 10.2. The second kappa shape index (κ2) is 6.28. The molecule has 0 saturated heterocycles. The van der Waals surface area contributed by atoms with E-state index in [0.717, 1.165) is 21.5 Å². The summed E-state index contributed by atoms with van der Waals surface area (Å²) in [5.41, 5.74) is 1.59. The summed E-state index contributed by atoms with van der Waals surface area (Å²) in [5, 5.41) is 0. The van der Waals surface area contributed by atoms with Crippen LogP contribution in [0.5, 0.6) is 11.5 Å². The van der Waals surface area contributed by atoms with Crippen molar-refractivity contribution in [3.05, 3.63) is 58.1 Å². The molecule has 0 radical (unpaired) electrons. The lowest BCUT2D eigenvalue weighted by atomic mass is 10.1. The van der Waals surface area contributed by atoms with Crippen LogP contribution in [0, 0.1) is 0 Å². The van der Waals surface area contributed by atoms with Gasteiger partial charge in [0.1, 0.15) is 6.61 Å². The van der Waals surface area contributed by atoms with Gasteiger partial charge in [0, 0.05) is 10.0 Å². The van der Waals surface area contributed by atoms with Gasteiger partial charge >= 0.3 is 0 Å². The SMILES string of the molecule is O=C(COCc1ccc2c(c1)OCO2)c1ccc(Br)cc1. The average molecular weight is 349 g/mol. The van der Waals surface area contributed by atoms with Crippen molar-refractivity contribution in [1.82, 2.24) is 0 Å². The summed E-state index contributed by atoms with van der Waals surface area (Å²) in [7, 11) is 0. The van der Waals surface area contributed by atoms with E-state index < -0.39 is 0 Å². The highest BCUT2D eigenvalue weighted by molar-refractivity contribution is 9.10. The zero-order valence-corrected chi connectivity index (χ0v) is 12.8. The van der Waals surface area contributed by atoms with Crippen LogP contribution in [0.3, 0.4) is 0 Å². The molecule has 5 heteroatoms. The van der Waals surface area contributed by atoms with E-state index in [1.54, 1.807) is 12.1 Å². The molecule has 0 unspecified atom stereocenters. The summed E-state index contributed by atoms with van der Waals surface area (Å²) in [5.74, 6) is 1.42. The van der Waals surface area contributed by atoms with Crippen LogP contribution < -0.4 is 9.47 Å². The lowest BCUT2D eigenvalue weighted by Crippen LogP contribution is -2.08. The Hall–Kier alpha value is -1.85. The number of rotatable bonds is 5. The van der Waals surface area contributed by atoms with Crippen LogP contribution >= 0.6 is 15.9 Å². The molecule has 4 nitrogen and oxygen atoms in total. The Morgan fingerprint density at radius 2 is 1.86 bits per heavy atom. The van der Waals surface area contributed by atoms with E-state index in [1.165, 1.54) is 0 Å². The summed E-state index contributed by atoms with van der Waals surface area (Å²) in [6.45, 7) is 0.663. The van der Waals surface area contributed by atoms with E-state index in [0.29, 0.717) is 12.2 Å². The molecule has 0 atom stereocenters. The summed E-state index contributed by atoms with van der Waals surface area (Å²) in [6.07, 6.45) is 0. The zero-order valence-electron chi connectivity index (χ0n) is 11.2. The van der Waals surface area contributed by atoms with E-state index in [9.17, 15) is 4.79 Å². The van der Waals surface area contributed by atoms with Gasteiger partial charge in [-0.3, -0.25) is 4.79 Å².